The Morgan fingerprint density at radius 1 is 1.38 bits per heavy atom. The molecule has 21 heavy (non-hydrogen) atoms. The molecule has 0 atom stereocenters. The fourth-order valence-electron chi connectivity index (χ4n) is 2.42. The summed E-state index contributed by atoms with van der Waals surface area (Å²) < 4.78 is 1.70. The molecule has 1 aromatic heterocycles. The van der Waals surface area contributed by atoms with E-state index in [-0.39, 0.29) is 18.3 Å². The van der Waals surface area contributed by atoms with Crippen LogP contribution in [0, 0.1) is 6.92 Å². The van der Waals surface area contributed by atoms with Crippen LogP contribution in [0.2, 0.25) is 0 Å². The van der Waals surface area contributed by atoms with Gasteiger partial charge in [0.05, 0.1) is 0 Å². The molecule has 2 heterocycles. The lowest BCUT2D eigenvalue weighted by molar-refractivity contribution is 0.102. The molecule has 0 spiro atoms. The van der Waals surface area contributed by atoms with Crippen LogP contribution in [0.15, 0.2) is 24.3 Å². The van der Waals surface area contributed by atoms with E-state index in [1.807, 2.05) is 32.2 Å². The smallest absolute Gasteiger partial charge is 0.276 e. The fourth-order valence-corrected chi connectivity index (χ4v) is 2.42. The van der Waals surface area contributed by atoms with Crippen LogP contribution < -0.4 is 10.6 Å². The van der Waals surface area contributed by atoms with E-state index in [1.165, 1.54) is 11.3 Å². The first kappa shape index (κ1) is 15.4. The van der Waals surface area contributed by atoms with Crippen LogP contribution >= 0.6 is 12.4 Å². The van der Waals surface area contributed by atoms with Gasteiger partial charge in [0.25, 0.3) is 5.91 Å². The van der Waals surface area contributed by atoms with Crippen molar-refractivity contribution in [3.63, 3.8) is 0 Å². The van der Waals surface area contributed by atoms with E-state index < -0.39 is 0 Å². The third-order valence-electron chi connectivity index (χ3n) is 3.65. The molecule has 5 nitrogen and oxygen atoms in total. The van der Waals surface area contributed by atoms with Crippen LogP contribution in [0.4, 0.5) is 11.4 Å². The molecule has 0 aliphatic carbocycles. The molecule has 1 amide bonds. The lowest BCUT2D eigenvalue weighted by Crippen LogP contribution is -2.15. The number of aromatic nitrogens is 2. The molecule has 112 valence electrons. The van der Waals surface area contributed by atoms with Crippen molar-refractivity contribution in [2.75, 3.05) is 17.2 Å². The molecular weight excluding hydrogens is 288 g/mol. The second-order valence-electron chi connectivity index (χ2n) is 5.15. The van der Waals surface area contributed by atoms with Gasteiger partial charge in [-0.15, -0.1) is 12.4 Å². The van der Waals surface area contributed by atoms with Crippen molar-refractivity contribution in [3.05, 3.63) is 41.2 Å². The van der Waals surface area contributed by atoms with Crippen molar-refractivity contribution in [2.45, 2.75) is 19.8 Å². The van der Waals surface area contributed by atoms with Gasteiger partial charge in [-0.2, -0.15) is 5.10 Å². The molecule has 0 radical (unpaired) electrons. The number of nitrogens with one attached hydrogen (secondary N) is 2. The van der Waals surface area contributed by atoms with Crippen LogP contribution in [0.5, 0.6) is 0 Å². The van der Waals surface area contributed by atoms with Gasteiger partial charge in [0.15, 0.2) is 5.69 Å². The average molecular weight is 307 g/mol. The number of anilines is 2. The second kappa shape index (κ2) is 6.18. The summed E-state index contributed by atoms with van der Waals surface area (Å²) in [5, 5.41) is 10.4. The molecule has 6 heteroatoms. The first-order chi connectivity index (χ1) is 9.63. The number of benzene rings is 1. The predicted molar refractivity (Wildman–Crippen MR) is 86.4 cm³/mol. The number of nitrogens with zero attached hydrogens (tertiary/aromatic N) is 2. The number of carbonyl (C=O) groups is 1. The third kappa shape index (κ3) is 3.19. The van der Waals surface area contributed by atoms with E-state index in [9.17, 15) is 4.79 Å². The fraction of sp³-hybridized carbons (Fsp3) is 0.333. The van der Waals surface area contributed by atoms with E-state index in [4.69, 9.17) is 0 Å². The van der Waals surface area contributed by atoms with Gasteiger partial charge in [0.2, 0.25) is 0 Å². The van der Waals surface area contributed by atoms with E-state index in [2.05, 4.69) is 15.7 Å². The summed E-state index contributed by atoms with van der Waals surface area (Å²) in [5.74, 6) is -0.169. The second-order valence-corrected chi connectivity index (χ2v) is 5.15. The quantitative estimate of drug-likeness (QED) is 0.897. The van der Waals surface area contributed by atoms with Gasteiger partial charge in [-0.05, 0) is 49.6 Å². The molecule has 0 fully saturated rings. The van der Waals surface area contributed by atoms with Gasteiger partial charge in [-0.3, -0.25) is 9.48 Å². The number of carbonyl (C=O) groups excluding carboxylic acids is 1. The first-order valence-electron chi connectivity index (χ1n) is 6.82. The molecule has 2 N–H and O–H groups in total. The summed E-state index contributed by atoms with van der Waals surface area (Å²) in [6.07, 6.45) is 2.18. The standard InChI is InChI=1S/C15H18N4O.ClH/c1-10-8-14(18-19(10)2)15(20)17-12-5-6-13-11(9-12)4-3-7-16-13;/h5-6,8-9,16H,3-4,7H2,1-2H3,(H,17,20);1H. The number of halogens is 1. The molecule has 0 bridgehead atoms. The topological polar surface area (TPSA) is 59.0 Å². The van der Waals surface area contributed by atoms with Gasteiger partial charge in [0.1, 0.15) is 0 Å². The Labute approximate surface area is 130 Å². The van der Waals surface area contributed by atoms with Crippen molar-refractivity contribution in [1.82, 2.24) is 9.78 Å². The van der Waals surface area contributed by atoms with Crippen LogP contribution in [0.3, 0.4) is 0 Å². The molecule has 3 rings (SSSR count). The summed E-state index contributed by atoms with van der Waals surface area (Å²) in [6, 6.07) is 7.77. The Morgan fingerprint density at radius 3 is 2.90 bits per heavy atom. The predicted octanol–water partition coefficient (Wildman–Crippen LogP) is 2.76. The summed E-state index contributed by atoms with van der Waals surface area (Å²) in [4.78, 5) is 12.1. The van der Waals surface area contributed by atoms with E-state index in [1.54, 1.807) is 10.7 Å². The summed E-state index contributed by atoms with van der Waals surface area (Å²) in [5.41, 5.74) is 4.65. The van der Waals surface area contributed by atoms with Crippen molar-refractivity contribution >= 4 is 29.7 Å². The minimum absolute atomic E-state index is 0. The lowest BCUT2D eigenvalue weighted by atomic mass is 10.0. The van der Waals surface area contributed by atoms with Crippen LogP contribution in [-0.4, -0.2) is 22.2 Å². The minimum Gasteiger partial charge on any atom is -0.385 e. The Morgan fingerprint density at radius 2 is 2.19 bits per heavy atom. The highest BCUT2D eigenvalue weighted by atomic mass is 35.5. The van der Waals surface area contributed by atoms with Crippen LogP contribution in [0.25, 0.3) is 0 Å². The van der Waals surface area contributed by atoms with E-state index in [0.717, 1.165) is 30.8 Å². The zero-order valence-corrected chi connectivity index (χ0v) is 13.0. The van der Waals surface area contributed by atoms with Crippen molar-refractivity contribution in [1.29, 1.82) is 0 Å². The highest BCUT2D eigenvalue weighted by Crippen LogP contribution is 2.25. The van der Waals surface area contributed by atoms with Crippen molar-refractivity contribution < 1.29 is 4.79 Å². The average Bonchev–Trinajstić information content (AvgIpc) is 2.79. The van der Waals surface area contributed by atoms with Crippen LogP contribution in [0.1, 0.15) is 28.2 Å². The number of hydrogen-bond acceptors (Lipinski definition) is 3. The zero-order chi connectivity index (χ0) is 14.1. The Bertz CT molecular complexity index is 646. The molecule has 1 aliphatic rings. The monoisotopic (exact) mass is 306 g/mol. The molecular formula is C15H19ClN4O. The number of fused-ring (bicyclic) bond motifs is 1. The van der Waals surface area contributed by atoms with Gasteiger partial charge in [-0.25, -0.2) is 0 Å². The molecule has 1 aliphatic heterocycles. The van der Waals surface area contributed by atoms with Crippen molar-refractivity contribution in [3.8, 4) is 0 Å². The molecule has 0 unspecified atom stereocenters. The maximum absolute atomic E-state index is 12.1. The lowest BCUT2D eigenvalue weighted by Gasteiger charge is -2.18. The summed E-state index contributed by atoms with van der Waals surface area (Å²) in [6.45, 7) is 2.94. The summed E-state index contributed by atoms with van der Waals surface area (Å²) >= 11 is 0. The Balaban J connectivity index is 0.00000161. The van der Waals surface area contributed by atoms with E-state index >= 15 is 0 Å². The molecule has 0 saturated heterocycles. The zero-order valence-electron chi connectivity index (χ0n) is 12.1. The minimum atomic E-state index is -0.169. The van der Waals surface area contributed by atoms with Gasteiger partial charge in [-0.1, -0.05) is 0 Å². The highest BCUT2D eigenvalue weighted by Gasteiger charge is 2.13. The maximum atomic E-state index is 12.1. The third-order valence-corrected chi connectivity index (χ3v) is 3.65. The molecule has 0 saturated carbocycles. The molecule has 1 aromatic carbocycles. The van der Waals surface area contributed by atoms with Crippen LogP contribution in [-0.2, 0) is 13.5 Å². The van der Waals surface area contributed by atoms with E-state index in [0.29, 0.717) is 5.69 Å². The number of aryl methyl sites for hydroxylation is 3. The molecule has 2 aromatic rings. The number of amides is 1. The largest absolute Gasteiger partial charge is 0.385 e. The highest BCUT2D eigenvalue weighted by molar-refractivity contribution is 6.03. The maximum Gasteiger partial charge on any atom is 0.276 e. The SMILES string of the molecule is Cc1cc(C(=O)Nc2ccc3c(c2)CCCN3)nn1C.Cl. The Kier molecular flexibility index (Phi) is 4.53. The van der Waals surface area contributed by atoms with Gasteiger partial charge >= 0.3 is 0 Å². The first-order valence-corrected chi connectivity index (χ1v) is 6.82. The summed E-state index contributed by atoms with van der Waals surface area (Å²) in [7, 11) is 1.83. The van der Waals surface area contributed by atoms with Gasteiger partial charge < -0.3 is 10.6 Å². The normalized spacial score (nSPS) is 12.9. The number of hydrogen-bond donors (Lipinski definition) is 2. The number of rotatable bonds is 2. The van der Waals surface area contributed by atoms with Crippen molar-refractivity contribution in [2.24, 2.45) is 7.05 Å². The van der Waals surface area contributed by atoms with Gasteiger partial charge in [0, 0.05) is 30.7 Å². The Hall–Kier alpha value is -2.01.